The Labute approximate surface area is 221 Å². The fourth-order valence-electron chi connectivity index (χ4n) is 2.38. The molecule has 0 aromatic heterocycles. The number of hydrogen-bond donors (Lipinski definition) is 0. The molecule has 0 aliphatic carbocycles. The number of carbonyl (C=O) groups is 4. The number of ether oxygens (including phenoxy) is 2. The Kier molecular flexibility index (Phi) is 30.6. The van der Waals surface area contributed by atoms with Crippen molar-refractivity contribution in [2.45, 2.75) is 88.9 Å². The second kappa shape index (κ2) is 28.4. The summed E-state index contributed by atoms with van der Waals surface area (Å²) in [5.74, 6) is -2.65. The van der Waals surface area contributed by atoms with E-state index in [9.17, 15) is 29.4 Å². The summed E-state index contributed by atoms with van der Waals surface area (Å²) in [6.45, 7) is 9.37. The number of hydrogen-bond acceptors (Lipinski definition) is 8. The van der Waals surface area contributed by atoms with Crippen molar-refractivity contribution >= 4 is 45.0 Å². The van der Waals surface area contributed by atoms with Crippen LogP contribution in [0.1, 0.15) is 79.1 Å². The summed E-state index contributed by atoms with van der Waals surface area (Å²) in [5.41, 5.74) is 0. The van der Waals surface area contributed by atoms with Crippen molar-refractivity contribution in [1.82, 2.24) is 0 Å². The van der Waals surface area contributed by atoms with E-state index in [1.165, 1.54) is 12.8 Å². The average molecular weight is 603 g/mol. The van der Waals surface area contributed by atoms with Gasteiger partial charge in [0, 0.05) is 12.2 Å². The average Bonchev–Trinajstić information content (AvgIpc) is 2.76. The second-order valence-electron chi connectivity index (χ2n) is 8.63. The molecule has 0 heterocycles. The third-order valence-electron chi connectivity index (χ3n) is 4.05. The predicted octanol–water partition coefficient (Wildman–Crippen LogP) is 2.89. The van der Waals surface area contributed by atoms with Gasteiger partial charge in [0.2, 0.25) is 0 Å². The van der Waals surface area contributed by atoms with Gasteiger partial charge in [-0.05, 0) is 36.8 Å². The number of carbonyl (C=O) groups excluding carboxylic acids is 4. The number of aliphatic carboxylic acids is 2. The van der Waals surface area contributed by atoms with Crippen LogP contribution in [-0.4, -0.2) is 58.2 Å². The van der Waals surface area contributed by atoms with E-state index in [4.69, 9.17) is 9.47 Å². The first-order valence-corrected chi connectivity index (χ1v) is 17.9. The van der Waals surface area contributed by atoms with Crippen molar-refractivity contribution in [2.75, 3.05) is 13.2 Å². The summed E-state index contributed by atoms with van der Waals surface area (Å²) < 4.78 is 9.57. The third kappa shape index (κ3) is 42.7. The molecule has 0 N–H and O–H groups in total. The van der Waals surface area contributed by atoms with E-state index in [1.807, 2.05) is 0 Å². The Balaban J connectivity index is -0.000000525. The number of esters is 2. The van der Waals surface area contributed by atoms with E-state index < -0.39 is 23.9 Å². The van der Waals surface area contributed by atoms with Gasteiger partial charge in [-0.25, -0.2) is 9.59 Å². The van der Waals surface area contributed by atoms with Crippen LogP contribution < -0.4 is 10.2 Å². The summed E-state index contributed by atoms with van der Waals surface area (Å²) >= 11 is 0.230. The number of unbranched alkanes of at least 4 members (excludes halogenated alkanes) is 4. The summed E-state index contributed by atoms with van der Waals surface area (Å²) in [4.78, 5) is 46.3. The Morgan fingerprint density at radius 2 is 0.943 bits per heavy atom. The van der Waals surface area contributed by atoms with Gasteiger partial charge in [-0.15, -0.1) is 0 Å². The van der Waals surface area contributed by atoms with Crippen LogP contribution in [-0.2, 0) is 28.7 Å². The Morgan fingerprint density at radius 3 is 1.20 bits per heavy atom. The molecule has 0 bridgehead atoms. The number of carboxylic acids is 2. The topological polar surface area (TPSA) is 133 Å². The zero-order valence-electron chi connectivity index (χ0n) is 22.3. The fourth-order valence-corrected chi connectivity index (χ4v) is 2.38. The third-order valence-corrected chi connectivity index (χ3v) is 4.05. The normalized spacial score (nSPS) is 10.3. The molecule has 0 aliphatic heterocycles. The SMILES string of the molecule is CC(C)CCCCCOC(=O)/C=C/C(=O)[O-].CC(C)CCCCCOC(=O)/C=C/C(=O)[O-].[CH3][Sn+2][CH3]. The molecule has 0 saturated carbocycles. The van der Waals surface area contributed by atoms with Crippen LogP contribution in [0.25, 0.3) is 0 Å². The molecular formula is C26H44O8Sn. The van der Waals surface area contributed by atoms with E-state index in [-0.39, 0.29) is 21.1 Å². The van der Waals surface area contributed by atoms with Crippen molar-refractivity contribution in [3.8, 4) is 0 Å². The van der Waals surface area contributed by atoms with Gasteiger partial charge in [0.1, 0.15) is 0 Å². The molecule has 0 atom stereocenters. The van der Waals surface area contributed by atoms with Gasteiger partial charge in [-0.1, -0.05) is 66.2 Å². The molecule has 0 aromatic rings. The van der Waals surface area contributed by atoms with Gasteiger partial charge in [0.25, 0.3) is 0 Å². The Morgan fingerprint density at radius 1 is 0.629 bits per heavy atom. The van der Waals surface area contributed by atoms with Gasteiger partial charge >= 0.3 is 43.0 Å². The molecule has 0 radical (unpaired) electrons. The monoisotopic (exact) mass is 604 g/mol. The Bertz CT molecular complexity index is 560. The summed E-state index contributed by atoms with van der Waals surface area (Å²) in [6, 6.07) is 0. The zero-order chi connectivity index (χ0) is 27.5. The molecule has 9 heteroatoms. The van der Waals surface area contributed by atoms with Crippen LogP contribution >= 0.6 is 0 Å². The molecule has 0 unspecified atom stereocenters. The molecule has 8 nitrogen and oxygen atoms in total. The maximum absolute atomic E-state index is 10.9. The summed E-state index contributed by atoms with van der Waals surface area (Å²) in [5, 5.41) is 20.0. The van der Waals surface area contributed by atoms with Gasteiger partial charge in [0.15, 0.2) is 0 Å². The van der Waals surface area contributed by atoms with Crippen molar-refractivity contribution in [3.63, 3.8) is 0 Å². The molecule has 35 heavy (non-hydrogen) atoms. The molecule has 0 spiro atoms. The number of carboxylic acid groups (broad SMARTS) is 2. The molecule has 200 valence electrons. The van der Waals surface area contributed by atoms with Crippen LogP contribution in [0.3, 0.4) is 0 Å². The minimum atomic E-state index is -1.39. The van der Waals surface area contributed by atoms with Crippen LogP contribution in [0.2, 0.25) is 9.88 Å². The van der Waals surface area contributed by atoms with Crippen molar-refractivity contribution in [3.05, 3.63) is 24.3 Å². The summed E-state index contributed by atoms with van der Waals surface area (Å²) in [6.07, 6.45) is 11.4. The molecule has 0 saturated heterocycles. The van der Waals surface area contributed by atoms with Crippen molar-refractivity contribution in [2.24, 2.45) is 11.8 Å². The van der Waals surface area contributed by atoms with E-state index in [2.05, 4.69) is 37.6 Å². The van der Waals surface area contributed by atoms with Crippen molar-refractivity contribution < 1.29 is 38.9 Å². The van der Waals surface area contributed by atoms with E-state index in [0.717, 1.165) is 50.7 Å². The number of rotatable bonds is 16. The van der Waals surface area contributed by atoms with E-state index >= 15 is 0 Å². The Hall–Kier alpha value is -1.84. The maximum atomic E-state index is 10.9. The molecule has 0 aliphatic rings. The molecule has 0 fully saturated rings. The zero-order valence-corrected chi connectivity index (χ0v) is 25.2. The molecular weight excluding hydrogens is 559 g/mol. The second-order valence-corrected chi connectivity index (χ2v) is 11.5. The van der Waals surface area contributed by atoms with Gasteiger partial charge in [-0.2, -0.15) is 0 Å². The van der Waals surface area contributed by atoms with Gasteiger partial charge in [-0.3, -0.25) is 0 Å². The molecule has 0 rings (SSSR count). The quantitative estimate of drug-likeness (QED) is 0.114. The summed E-state index contributed by atoms with van der Waals surface area (Å²) in [7, 11) is 0. The minimum absolute atomic E-state index is 0.230. The first-order valence-electron chi connectivity index (χ1n) is 12.2. The first-order chi connectivity index (χ1) is 16.5. The van der Waals surface area contributed by atoms with E-state index in [0.29, 0.717) is 37.2 Å². The standard InChI is InChI=1S/2C12H20O4.2CH3.Sn/c2*1-10(2)6-4-3-5-9-16-12(15)8-7-11(13)14;;;/h2*7-8,10H,3-6,9H2,1-2H3,(H,13,14);2*1H3;/q;;;;+2/p-2/b2*8-7+;;;. The molecule has 0 aromatic carbocycles. The molecule has 0 amide bonds. The van der Waals surface area contributed by atoms with Crippen LogP contribution in [0.4, 0.5) is 0 Å². The van der Waals surface area contributed by atoms with Crippen molar-refractivity contribution in [1.29, 1.82) is 0 Å². The van der Waals surface area contributed by atoms with Crippen LogP contribution in [0.5, 0.6) is 0 Å². The van der Waals surface area contributed by atoms with Gasteiger partial charge < -0.3 is 29.3 Å². The van der Waals surface area contributed by atoms with Crippen LogP contribution in [0.15, 0.2) is 24.3 Å². The fraction of sp³-hybridized carbons (Fsp3) is 0.692. The first kappa shape index (κ1) is 37.7. The van der Waals surface area contributed by atoms with Crippen LogP contribution in [0, 0.1) is 11.8 Å². The van der Waals surface area contributed by atoms with Gasteiger partial charge in [0.05, 0.1) is 25.2 Å². The predicted molar refractivity (Wildman–Crippen MR) is 134 cm³/mol. The van der Waals surface area contributed by atoms with E-state index in [1.54, 1.807) is 0 Å².